The first-order valence-corrected chi connectivity index (χ1v) is 11.4. The molecule has 2 aromatic carbocycles. The molecule has 6 heteroatoms. The van der Waals surface area contributed by atoms with Gasteiger partial charge in [0, 0.05) is 11.7 Å². The fraction of sp³-hybridized carbons (Fsp3) is 0.333. The van der Waals surface area contributed by atoms with Gasteiger partial charge >= 0.3 is 0 Å². The van der Waals surface area contributed by atoms with Crippen LogP contribution in [0.3, 0.4) is 0 Å². The van der Waals surface area contributed by atoms with Gasteiger partial charge in [-0.3, -0.25) is 14.5 Å². The molecule has 1 aromatic heterocycles. The maximum Gasteiger partial charge on any atom is 0.294 e. The number of carbonyl (C=O) groups excluding carboxylic acids is 2. The van der Waals surface area contributed by atoms with E-state index in [9.17, 15) is 9.59 Å². The first-order valence-electron chi connectivity index (χ1n) is 11.4. The van der Waals surface area contributed by atoms with Gasteiger partial charge in [-0.05, 0) is 68.1 Å². The third-order valence-electron chi connectivity index (χ3n) is 6.18. The second kappa shape index (κ2) is 9.94. The maximum atomic E-state index is 13.8. The van der Waals surface area contributed by atoms with Crippen LogP contribution in [0.15, 0.2) is 65.3 Å². The maximum absolute atomic E-state index is 13.8. The van der Waals surface area contributed by atoms with Gasteiger partial charge in [-0.15, -0.1) is 0 Å². The van der Waals surface area contributed by atoms with E-state index in [1.807, 2.05) is 56.3 Å². The van der Waals surface area contributed by atoms with Crippen LogP contribution in [-0.2, 0) is 4.79 Å². The van der Waals surface area contributed by atoms with Gasteiger partial charge in [-0.2, -0.15) is 0 Å². The van der Waals surface area contributed by atoms with E-state index in [1.165, 1.54) is 6.26 Å². The summed E-state index contributed by atoms with van der Waals surface area (Å²) in [5.74, 6) is 0.213. The van der Waals surface area contributed by atoms with Gasteiger partial charge in [0.2, 0.25) is 5.91 Å². The van der Waals surface area contributed by atoms with Crippen LogP contribution < -0.4 is 15.0 Å². The number of hydrogen-bond donors (Lipinski definition) is 1. The standard InChI is InChI=1S/C27H30N2O4/c1-18-13-14-23(19(2)16-18)29(27(31)24-12-7-15-33-24)25(20-8-6-11-22(17-20)32-3)26(30)28-21-9-4-5-10-21/h6-8,11-17,21,25H,4-5,9-10H2,1-3H3,(H,28,30)/t25-/m0/s1. The fourth-order valence-corrected chi connectivity index (χ4v) is 4.54. The quantitative estimate of drug-likeness (QED) is 0.531. The molecule has 0 radical (unpaired) electrons. The first-order chi connectivity index (χ1) is 16.0. The van der Waals surface area contributed by atoms with Crippen molar-refractivity contribution in [3.8, 4) is 5.75 Å². The third kappa shape index (κ3) is 4.95. The minimum atomic E-state index is -0.889. The van der Waals surface area contributed by atoms with Gasteiger partial charge in [0.05, 0.1) is 13.4 Å². The van der Waals surface area contributed by atoms with Crippen LogP contribution in [0.4, 0.5) is 5.69 Å². The van der Waals surface area contributed by atoms with Crippen LogP contribution >= 0.6 is 0 Å². The minimum absolute atomic E-state index is 0.116. The summed E-state index contributed by atoms with van der Waals surface area (Å²) in [6.45, 7) is 3.95. The summed E-state index contributed by atoms with van der Waals surface area (Å²) < 4.78 is 10.9. The Morgan fingerprint density at radius 2 is 1.85 bits per heavy atom. The highest BCUT2D eigenvalue weighted by Crippen LogP contribution is 2.34. The molecule has 0 spiro atoms. The zero-order valence-electron chi connectivity index (χ0n) is 19.3. The van der Waals surface area contributed by atoms with E-state index >= 15 is 0 Å². The van der Waals surface area contributed by atoms with Crippen molar-refractivity contribution in [3.05, 3.63) is 83.3 Å². The third-order valence-corrected chi connectivity index (χ3v) is 6.18. The van der Waals surface area contributed by atoms with Crippen molar-refractivity contribution in [2.24, 2.45) is 0 Å². The van der Waals surface area contributed by atoms with Gasteiger partial charge in [0.25, 0.3) is 5.91 Å². The largest absolute Gasteiger partial charge is 0.497 e. The summed E-state index contributed by atoms with van der Waals surface area (Å²) in [6.07, 6.45) is 5.56. The Balaban J connectivity index is 1.85. The van der Waals surface area contributed by atoms with E-state index in [-0.39, 0.29) is 23.6 Å². The van der Waals surface area contributed by atoms with Gasteiger partial charge in [0.1, 0.15) is 11.8 Å². The van der Waals surface area contributed by atoms with Crippen molar-refractivity contribution >= 4 is 17.5 Å². The number of nitrogens with zero attached hydrogens (tertiary/aromatic N) is 1. The van der Waals surface area contributed by atoms with E-state index in [2.05, 4.69) is 5.32 Å². The Labute approximate surface area is 194 Å². The SMILES string of the molecule is COc1cccc([C@@H](C(=O)NC2CCCC2)N(C(=O)c2ccco2)c2ccc(C)cc2C)c1. The van der Waals surface area contributed by atoms with Gasteiger partial charge in [-0.1, -0.05) is 42.7 Å². The molecule has 1 N–H and O–H groups in total. The molecule has 33 heavy (non-hydrogen) atoms. The molecule has 172 valence electrons. The molecule has 0 saturated heterocycles. The van der Waals surface area contributed by atoms with Crippen molar-refractivity contribution in [2.45, 2.75) is 51.6 Å². The Bertz CT molecular complexity index is 1120. The van der Waals surface area contributed by atoms with Crippen LogP contribution in [0.5, 0.6) is 5.75 Å². The molecule has 1 aliphatic rings. The molecule has 1 fully saturated rings. The molecule has 1 saturated carbocycles. The zero-order valence-corrected chi connectivity index (χ0v) is 19.3. The van der Waals surface area contributed by atoms with E-state index < -0.39 is 6.04 Å². The van der Waals surface area contributed by atoms with E-state index in [4.69, 9.17) is 9.15 Å². The summed E-state index contributed by atoms with van der Waals surface area (Å²) in [7, 11) is 1.59. The number of rotatable bonds is 7. The number of amides is 2. The molecular formula is C27H30N2O4. The van der Waals surface area contributed by atoms with Crippen LogP contribution in [0.2, 0.25) is 0 Å². The van der Waals surface area contributed by atoms with Crippen LogP contribution in [0.1, 0.15) is 59.0 Å². The number of carbonyl (C=O) groups is 2. The smallest absolute Gasteiger partial charge is 0.294 e. The number of furan rings is 1. The number of aryl methyl sites for hydroxylation is 2. The van der Waals surface area contributed by atoms with Crippen molar-refractivity contribution in [1.29, 1.82) is 0 Å². The summed E-state index contributed by atoms with van der Waals surface area (Å²) in [5, 5.41) is 3.19. The lowest BCUT2D eigenvalue weighted by molar-refractivity contribution is -0.123. The number of nitrogens with one attached hydrogen (secondary N) is 1. The lowest BCUT2D eigenvalue weighted by Gasteiger charge is -2.33. The summed E-state index contributed by atoms with van der Waals surface area (Å²) in [4.78, 5) is 29.1. The predicted molar refractivity (Wildman–Crippen MR) is 128 cm³/mol. The molecule has 3 aromatic rings. The Morgan fingerprint density at radius 1 is 1.06 bits per heavy atom. The average molecular weight is 447 g/mol. The molecule has 1 heterocycles. The average Bonchev–Trinajstić information content (AvgIpc) is 3.52. The Morgan fingerprint density at radius 3 is 2.52 bits per heavy atom. The monoisotopic (exact) mass is 446 g/mol. The molecule has 1 aliphatic carbocycles. The minimum Gasteiger partial charge on any atom is -0.497 e. The van der Waals surface area contributed by atoms with Crippen molar-refractivity contribution in [1.82, 2.24) is 5.32 Å². The number of anilines is 1. The van der Waals surface area contributed by atoms with Crippen molar-refractivity contribution in [3.63, 3.8) is 0 Å². The zero-order chi connectivity index (χ0) is 23.4. The topological polar surface area (TPSA) is 71.8 Å². The highest BCUT2D eigenvalue weighted by molar-refractivity contribution is 6.09. The summed E-state index contributed by atoms with van der Waals surface area (Å²) in [6, 6.07) is 15.7. The lowest BCUT2D eigenvalue weighted by Crippen LogP contribution is -2.46. The van der Waals surface area contributed by atoms with Gasteiger partial charge in [-0.25, -0.2) is 0 Å². The number of ether oxygens (including phenoxy) is 1. The number of benzene rings is 2. The molecule has 0 unspecified atom stereocenters. The van der Waals surface area contributed by atoms with Gasteiger partial charge < -0.3 is 14.5 Å². The Kier molecular flexibility index (Phi) is 6.82. The first kappa shape index (κ1) is 22.6. The van der Waals surface area contributed by atoms with Crippen LogP contribution in [0, 0.1) is 13.8 Å². The highest BCUT2D eigenvalue weighted by Gasteiger charge is 2.36. The normalized spacial score (nSPS) is 14.6. The fourth-order valence-electron chi connectivity index (χ4n) is 4.54. The Hall–Kier alpha value is -3.54. The number of hydrogen-bond acceptors (Lipinski definition) is 4. The van der Waals surface area contributed by atoms with E-state index in [1.54, 1.807) is 24.1 Å². The lowest BCUT2D eigenvalue weighted by atomic mass is 10.00. The second-order valence-corrected chi connectivity index (χ2v) is 8.61. The summed E-state index contributed by atoms with van der Waals surface area (Å²) >= 11 is 0. The van der Waals surface area contributed by atoms with Gasteiger partial charge in [0.15, 0.2) is 5.76 Å². The molecule has 4 rings (SSSR count). The van der Waals surface area contributed by atoms with E-state index in [0.717, 1.165) is 36.8 Å². The second-order valence-electron chi connectivity index (χ2n) is 8.61. The van der Waals surface area contributed by atoms with Crippen LogP contribution in [-0.4, -0.2) is 25.0 Å². The molecule has 1 atom stereocenters. The van der Waals surface area contributed by atoms with Crippen molar-refractivity contribution in [2.75, 3.05) is 12.0 Å². The molecular weight excluding hydrogens is 416 g/mol. The predicted octanol–water partition coefficient (Wildman–Crippen LogP) is 5.35. The van der Waals surface area contributed by atoms with Crippen LogP contribution in [0.25, 0.3) is 0 Å². The molecule has 2 amide bonds. The summed E-state index contributed by atoms with van der Waals surface area (Å²) in [5.41, 5.74) is 3.31. The highest BCUT2D eigenvalue weighted by atomic mass is 16.5. The van der Waals surface area contributed by atoms with Crippen molar-refractivity contribution < 1.29 is 18.7 Å². The molecule has 0 bridgehead atoms. The van der Waals surface area contributed by atoms with E-state index in [0.29, 0.717) is 17.0 Å². The number of methoxy groups -OCH3 is 1. The molecule has 0 aliphatic heterocycles. The molecule has 6 nitrogen and oxygen atoms in total.